The molecule has 0 saturated carbocycles. The largest absolute Gasteiger partial charge is 0.493 e. The Labute approximate surface area is 191 Å². The van der Waals surface area contributed by atoms with Crippen LogP contribution in [0, 0.1) is 0 Å². The second-order valence-electron chi connectivity index (χ2n) is 8.22. The van der Waals surface area contributed by atoms with Crippen molar-refractivity contribution < 1.29 is 14.3 Å². The number of benzene rings is 2. The third kappa shape index (κ3) is 7.31. The lowest BCUT2D eigenvalue weighted by molar-refractivity contribution is -0.116. The predicted molar refractivity (Wildman–Crippen MR) is 131 cm³/mol. The zero-order valence-corrected chi connectivity index (χ0v) is 19.4. The van der Waals surface area contributed by atoms with Gasteiger partial charge in [-0.3, -0.25) is 9.69 Å². The van der Waals surface area contributed by atoms with E-state index in [4.69, 9.17) is 9.47 Å². The molecular weight excluding hydrogens is 402 g/mol. The van der Waals surface area contributed by atoms with E-state index in [-0.39, 0.29) is 12.0 Å². The van der Waals surface area contributed by atoms with E-state index in [9.17, 15) is 4.79 Å². The van der Waals surface area contributed by atoms with Crippen LogP contribution in [0.1, 0.15) is 25.8 Å². The maximum atomic E-state index is 12.2. The first kappa shape index (κ1) is 23.7. The highest BCUT2D eigenvalue weighted by atomic mass is 16.5. The Morgan fingerprint density at radius 3 is 2.50 bits per heavy atom. The average molecular weight is 438 g/mol. The van der Waals surface area contributed by atoms with Crippen molar-refractivity contribution in [2.75, 3.05) is 51.3 Å². The summed E-state index contributed by atoms with van der Waals surface area (Å²) in [5, 5.41) is 2.97. The molecule has 1 aliphatic rings. The van der Waals surface area contributed by atoms with E-state index in [1.807, 2.05) is 32.0 Å². The summed E-state index contributed by atoms with van der Waals surface area (Å²) < 4.78 is 11.1. The minimum Gasteiger partial charge on any atom is -0.493 e. The summed E-state index contributed by atoms with van der Waals surface area (Å²) in [5.41, 5.74) is 2.19. The third-order valence-electron chi connectivity index (χ3n) is 5.42. The van der Waals surface area contributed by atoms with Crippen molar-refractivity contribution in [3.05, 3.63) is 60.2 Å². The Hall–Kier alpha value is -2.99. The number of hydrogen-bond donors (Lipinski definition) is 1. The minimum atomic E-state index is -0.0830. The van der Waals surface area contributed by atoms with Crippen molar-refractivity contribution in [3.63, 3.8) is 0 Å². The first-order valence-corrected chi connectivity index (χ1v) is 11.4. The van der Waals surface area contributed by atoms with E-state index in [1.54, 1.807) is 19.3 Å². The number of nitrogens with zero attached hydrogens (tertiary/aromatic N) is 2. The van der Waals surface area contributed by atoms with E-state index in [0.717, 1.165) is 44.7 Å². The molecule has 0 spiro atoms. The Bertz CT molecular complexity index is 875. The van der Waals surface area contributed by atoms with Gasteiger partial charge in [0.05, 0.1) is 13.2 Å². The number of carbonyl (C=O) groups excluding carboxylic acids is 1. The summed E-state index contributed by atoms with van der Waals surface area (Å²) >= 11 is 0. The molecule has 6 nitrogen and oxygen atoms in total. The van der Waals surface area contributed by atoms with Crippen LogP contribution in [-0.4, -0.2) is 63.3 Å². The zero-order valence-electron chi connectivity index (χ0n) is 19.4. The van der Waals surface area contributed by atoms with Crippen LogP contribution in [0.25, 0.3) is 6.08 Å². The topological polar surface area (TPSA) is 54.0 Å². The van der Waals surface area contributed by atoms with Crippen molar-refractivity contribution >= 4 is 17.7 Å². The van der Waals surface area contributed by atoms with E-state index < -0.39 is 0 Å². The Balaban J connectivity index is 1.35. The Kier molecular flexibility index (Phi) is 8.99. The number of piperazine rings is 1. The van der Waals surface area contributed by atoms with Crippen molar-refractivity contribution in [1.29, 1.82) is 0 Å². The number of anilines is 1. The van der Waals surface area contributed by atoms with Gasteiger partial charge in [0.2, 0.25) is 5.91 Å². The van der Waals surface area contributed by atoms with Crippen LogP contribution in [0.4, 0.5) is 5.69 Å². The van der Waals surface area contributed by atoms with Crippen LogP contribution in [-0.2, 0) is 4.79 Å². The lowest BCUT2D eigenvalue weighted by Crippen LogP contribution is -2.47. The van der Waals surface area contributed by atoms with Gasteiger partial charge in [-0.1, -0.05) is 24.3 Å². The molecule has 0 atom stereocenters. The number of rotatable bonds is 10. The molecule has 1 saturated heterocycles. The third-order valence-corrected chi connectivity index (χ3v) is 5.42. The molecule has 2 aromatic carbocycles. The van der Waals surface area contributed by atoms with E-state index in [1.165, 1.54) is 5.69 Å². The van der Waals surface area contributed by atoms with E-state index in [0.29, 0.717) is 18.0 Å². The van der Waals surface area contributed by atoms with Gasteiger partial charge in [0.1, 0.15) is 0 Å². The highest BCUT2D eigenvalue weighted by molar-refractivity contribution is 5.91. The predicted octanol–water partition coefficient (Wildman–Crippen LogP) is 3.82. The lowest BCUT2D eigenvalue weighted by atomic mass is 10.2. The number of amides is 1. The SMILES string of the molecule is COc1cc(/C=C/C(=O)NCCCN2CCN(c3ccccc3)CC2)ccc1OC(C)C. The van der Waals surface area contributed by atoms with Crippen LogP contribution in [0.5, 0.6) is 11.5 Å². The van der Waals surface area contributed by atoms with Crippen molar-refractivity contribution in [1.82, 2.24) is 10.2 Å². The van der Waals surface area contributed by atoms with Gasteiger partial charge in [-0.2, -0.15) is 0 Å². The summed E-state index contributed by atoms with van der Waals surface area (Å²) in [7, 11) is 1.62. The van der Waals surface area contributed by atoms with Gasteiger partial charge in [0, 0.05) is 44.5 Å². The summed E-state index contributed by atoms with van der Waals surface area (Å²) in [6.07, 6.45) is 4.37. The normalized spacial score (nSPS) is 14.7. The fourth-order valence-corrected chi connectivity index (χ4v) is 3.75. The number of methoxy groups -OCH3 is 1. The molecule has 6 heteroatoms. The van der Waals surface area contributed by atoms with Crippen molar-refractivity contribution in [2.24, 2.45) is 0 Å². The molecule has 0 bridgehead atoms. The summed E-state index contributed by atoms with van der Waals surface area (Å²) in [5.74, 6) is 1.28. The van der Waals surface area contributed by atoms with Gasteiger partial charge in [-0.25, -0.2) is 0 Å². The highest BCUT2D eigenvalue weighted by Crippen LogP contribution is 2.29. The Morgan fingerprint density at radius 1 is 1.06 bits per heavy atom. The number of hydrogen-bond acceptors (Lipinski definition) is 5. The quantitative estimate of drug-likeness (QED) is 0.452. The van der Waals surface area contributed by atoms with Gasteiger partial charge >= 0.3 is 0 Å². The molecule has 3 rings (SSSR count). The summed E-state index contributed by atoms with van der Waals surface area (Å²) in [6, 6.07) is 16.2. The summed E-state index contributed by atoms with van der Waals surface area (Å²) in [4.78, 5) is 17.1. The molecular formula is C26H35N3O3. The maximum absolute atomic E-state index is 12.2. The number of para-hydroxylation sites is 1. The van der Waals surface area contributed by atoms with Crippen LogP contribution in [0.2, 0.25) is 0 Å². The van der Waals surface area contributed by atoms with Gasteiger partial charge in [-0.05, 0) is 62.7 Å². The van der Waals surface area contributed by atoms with Crippen molar-refractivity contribution in [2.45, 2.75) is 26.4 Å². The van der Waals surface area contributed by atoms with Gasteiger partial charge < -0.3 is 19.7 Å². The van der Waals surface area contributed by atoms with E-state index >= 15 is 0 Å². The number of nitrogens with one attached hydrogen (secondary N) is 1. The molecule has 1 aliphatic heterocycles. The first-order chi connectivity index (χ1) is 15.5. The molecule has 0 aliphatic carbocycles. The van der Waals surface area contributed by atoms with Crippen molar-refractivity contribution in [3.8, 4) is 11.5 Å². The maximum Gasteiger partial charge on any atom is 0.243 e. The minimum absolute atomic E-state index is 0.0730. The van der Waals surface area contributed by atoms with Gasteiger partial charge in [-0.15, -0.1) is 0 Å². The van der Waals surface area contributed by atoms with Crippen LogP contribution in [0.15, 0.2) is 54.6 Å². The number of ether oxygens (including phenoxy) is 2. The standard InChI is InChI=1S/C26H35N3O3/c1-21(2)32-24-12-10-22(20-25(24)31-3)11-13-26(30)27-14-7-15-28-16-18-29(19-17-28)23-8-5-4-6-9-23/h4-6,8-13,20-21H,7,14-19H2,1-3H3,(H,27,30)/b13-11+. The average Bonchev–Trinajstić information content (AvgIpc) is 2.82. The monoisotopic (exact) mass is 437 g/mol. The zero-order chi connectivity index (χ0) is 22.8. The highest BCUT2D eigenvalue weighted by Gasteiger charge is 2.16. The second kappa shape index (κ2) is 12.2. The van der Waals surface area contributed by atoms with Crippen LogP contribution in [0.3, 0.4) is 0 Å². The molecule has 32 heavy (non-hydrogen) atoms. The molecule has 172 valence electrons. The Morgan fingerprint density at radius 2 is 1.81 bits per heavy atom. The molecule has 0 aromatic heterocycles. The van der Waals surface area contributed by atoms with Gasteiger partial charge in [0.15, 0.2) is 11.5 Å². The molecule has 1 heterocycles. The molecule has 1 amide bonds. The second-order valence-corrected chi connectivity index (χ2v) is 8.22. The molecule has 0 radical (unpaired) electrons. The van der Waals surface area contributed by atoms with Gasteiger partial charge in [0.25, 0.3) is 0 Å². The molecule has 1 N–H and O–H groups in total. The fraction of sp³-hybridized carbons (Fsp3) is 0.423. The smallest absolute Gasteiger partial charge is 0.243 e. The molecule has 0 unspecified atom stereocenters. The molecule has 2 aromatic rings. The van der Waals surface area contributed by atoms with Crippen LogP contribution < -0.4 is 19.7 Å². The summed E-state index contributed by atoms with van der Waals surface area (Å²) in [6.45, 7) is 9.83. The van der Waals surface area contributed by atoms with E-state index in [2.05, 4.69) is 45.4 Å². The fourth-order valence-electron chi connectivity index (χ4n) is 3.75. The lowest BCUT2D eigenvalue weighted by Gasteiger charge is -2.36. The molecule has 1 fully saturated rings. The number of carbonyl (C=O) groups is 1. The van der Waals surface area contributed by atoms with Crippen LogP contribution >= 0.6 is 0 Å². The first-order valence-electron chi connectivity index (χ1n) is 11.4.